The normalized spacial score (nSPS) is 11.8. The Kier molecular flexibility index (Phi) is 4.26. The monoisotopic (exact) mass is 434 g/mol. The second kappa shape index (κ2) is 5.94. The van der Waals surface area contributed by atoms with E-state index >= 15 is 0 Å². The molecule has 3 rings (SSSR count). The molecule has 0 spiro atoms. The van der Waals surface area contributed by atoms with Crippen LogP contribution in [0.1, 0.15) is 0 Å². The van der Waals surface area contributed by atoms with Gasteiger partial charge in [-0.25, -0.2) is 17.4 Å². The third-order valence-corrected chi connectivity index (χ3v) is 5.26. The van der Waals surface area contributed by atoms with Gasteiger partial charge in [0.2, 0.25) is 15.3 Å². The van der Waals surface area contributed by atoms with E-state index in [0.717, 1.165) is 16.1 Å². The molecule has 0 aliphatic heterocycles. The molecule has 0 saturated carbocycles. The fraction of sp³-hybridized carbons (Fsp3) is 0.0769. The van der Waals surface area contributed by atoms with Crippen LogP contribution >= 0.6 is 39.1 Å². The predicted octanol–water partition coefficient (Wildman–Crippen LogP) is 4.05. The van der Waals surface area contributed by atoms with Crippen LogP contribution in [0.2, 0.25) is 10.3 Å². The Bertz CT molecular complexity index is 1020. The van der Waals surface area contributed by atoms with Crippen LogP contribution in [0, 0.1) is 0 Å². The Morgan fingerprint density at radius 3 is 2.70 bits per heavy atom. The zero-order valence-electron chi connectivity index (χ0n) is 11.6. The lowest BCUT2D eigenvalue weighted by atomic mass is 10.2. The minimum Gasteiger partial charge on any atom is -0.337 e. The van der Waals surface area contributed by atoms with E-state index in [2.05, 4.69) is 31.2 Å². The van der Waals surface area contributed by atoms with Crippen LogP contribution in [-0.4, -0.2) is 28.6 Å². The maximum absolute atomic E-state index is 12.0. The fourth-order valence-electron chi connectivity index (χ4n) is 2.13. The van der Waals surface area contributed by atoms with E-state index in [4.69, 9.17) is 23.2 Å². The van der Waals surface area contributed by atoms with Gasteiger partial charge >= 0.3 is 0 Å². The van der Waals surface area contributed by atoms with E-state index in [1.807, 2.05) is 0 Å². The molecule has 120 valence electrons. The summed E-state index contributed by atoms with van der Waals surface area (Å²) in [7, 11) is -3.47. The molecule has 0 saturated heterocycles. The van der Waals surface area contributed by atoms with Crippen LogP contribution in [0.5, 0.6) is 0 Å². The second-order valence-corrected chi connectivity index (χ2v) is 8.15. The van der Waals surface area contributed by atoms with Crippen molar-refractivity contribution >= 4 is 71.6 Å². The molecule has 10 heteroatoms. The molecular weight excluding hydrogens is 427 g/mol. The van der Waals surface area contributed by atoms with E-state index < -0.39 is 10.0 Å². The maximum Gasteiger partial charge on any atom is 0.236 e. The summed E-state index contributed by atoms with van der Waals surface area (Å²) in [5.41, 5.74) is 1.00. The summed E-state index contributed by atoms with van der Waals surface area (Å²) in [6, 6.07) is 5.23. The van der Waals surface area contributed by atoms with Gasteiger partial charge in [-0.2, -0.15) is 4.98 Å². The minimum absolute atomic E-state index is 0.0313. The van der Waals surface area contributed by atoms with Gasteiger partial charge in [0.25, 0.3) is 0 Å². The number of hydrogen-bond donors (Lipinski definition) is 1. The van der Waals surface area contributed by atoms with E-state index in [1.165, 1.54) is 16.4 Å². The van der Waals surface area contributed by atoms with Crippen molar-refractivity contribution in [3.8, 4) is 0 Å². The summed E-state index contributed by atoms with van der Waals surface area (Å²) < 4.78 is 25.9. The molecule has 0 unspecified atom stereocenters. The van der Waals surface area contributed by atoms with Crippen LogP contribution in [0.3, 0.4) is 0 Å². The summed E-state index contributed by atoms with van der Waals surface area (Å²) in [5.74, 6) is 0.288. The standard InChI is InChI=1S/C13H9BrCl2N4O2S/c1-23(21,22)20-5-4-7-8(14)2-3-10(11(7)20)18-12-9(15)6-17-13(16)19-12/h2-6H,1H3,(H,17,18,19). The van der Waals surface area contributed by atoms with Gasteiger partial charge in [-0.15, -0.1) is 0 Å². The molecule has 0 amide bonds. The van der Waals surface area contributed by atoms with Crippen molar-refractivity contribution in [1.29, 1.82) is 0 Å². The summed E-state index contributed by atoms with van der Waals surface area (Å²) in [6.07, 6.45) is 3.99. The molecule has 6 nitrogen and oxygen atoms in total. The maximum atomic E-state index is 12.0. The first-order chi connectivity index (χ1) is 10.8. The number of hydrogen-bond acceptors (Lipinski definition) is 5. The molecule has 1 aromatic carbocycles. The third-order valence-electron chi connectivity index (χ3n) is 3.09. The Hall–Kier alpha value is -1.35. The molecule has 0 fully saturated rings. The van der Waals surface area contributed by atoms with Gasteiger partial charge in [-0.05, 0) is 29.8 Å². The zero-order chi connectivity index (χ0) is 16.8. The van der Waals surface area contributed by atoms with Gasteiger partial charge in [0.05, 0.1) is 23.7 Å². The van der Waals surface area contributed by atoms with E-state index in [-0.39, 0.29) is 16.1 Å². The molecule has 0 aliphatic rings. The predicted molar refractivity (Wildman–Crippen MR) is 95.2 cm³/mol. The highest BCUT2D eigenvalue weighted by atomic mass is 79.9. The summed E-state index contributed by atoms with van der Waals surface area (Å²) >= 11 is 15.2. The van der Waals surface area contributed by atoms with Gasteiger partial charge in [0, 0.05) is 16.1 Å². The summed E-state index contributed by atoms with van der Waals surface area (Å²) in [4.78, 5) is 7.79. The lowest BCUT2D eigenvalue weighted by Gasteiger charge is -2.12. The second-order valence-electron chi connectivity index (χ2n) is 4.69. The van der Waals surface area contributed by atoms with Crippen LogP contribution < -0.4 is 5.32 Å². The largest absolute Gasteiger partial charge is 0.337 e. The van der Waals surface area contributed by atoms with Crippen molar-refractivity contribution in [2.24, 2.45) is 0 Å². The van der Waals surface area contributed by atoms with Gasteiger partial charge in [-0.1, -0.05) is 27.5 Å². The Morgan fingerprint density at radius 2 is 2.00 bits per heavy atom. The highest BCUT2D eigenvalue weighted by molar-refractivity contribution is 9.10. The molecule has 1 N–H and O–H groups in total. The third kappa shape index (κ3) is 3.16. The highest BCUT2D eigenvalue weighted by Gasteiger charge is 2.16. The van der Waals surface area contributed by atoms with Gasteiger partial charge < -0.3 is 5.32 Å². The zero-order valence-corrected chi connectivity index (χ0v) is 15.5. The lowest BCUT2D eigenvalue weighted by Crippen LogP contribution is -2.09. The van der Waals surface area contributed by atoms with E-state index in [1.54, 1.807) is 18.2 Å². The molecule has 2 heterocycles. The van der Waals surface area contributed by atoms with E-state index in [9.17, 15) is 8.42 Å². The number of aromatic nitrogens is 3. The number of nitrogens with zero attached hydrogens (tertiary/aromatic N) is 3. The molecule has 0 aliphatic carbocycles. The average Bonchev–Trinajstić information content (AvgIpc) is 2.92. The van der Waals surface area contributed by atoms with Gasteiger partial charge in [-0.3, -0.25) is 0 Å². The van der Waals surface area contributed by atoms with Crippen LogP contribution in [0.25, 0.3) is 10.9 Å². The van der Waals surface area contributed by atoms with E-state index in [0.29, 0.717) is 11.2 Å². The number of anilines is 2. The first-order valence-corrected chi connectivity index (χ1v) is 9.62. The van der Waals surface area contributed by atoms with Gasteiger partial charge in [0.15, 0.2) is 5.82 Å². The average molecular weight is 436 g/mol. The number of fused-ring (bicyclic) bond motifs is 1. The summed E-state index contributed by atoms with van der Waals surface area (Å²) in [6.45, 7) is 0. The van der Waals surface area contributed by atoms with Crippen LogP contribution in [0.15, 0.2) is 35.1 Å². The Labute approximate surface area is 150 Å². The molecule has 0 radical (unpaired) electrons. The SMILES string of the molecule is CS(=O)(=O)n1ccc2c(Br)ccc(Nc3nc(Cl)ncc3Cl)c21. The first-order valence-electron chi connectivity index (χ1n) is 6.22. The molecule has 23 heavy (non-hydrogen) atoms. The van der Waals surface area contributed by atoms with Crippen molar-refractivity contribution in [3.63, 3.8) is 0 Å². The highest BCUT2D eigenvalue weighted by Crippen LogP contribution is 2.34. The van der Waals surface area contributed by atoms with Crippen LogP contribution in [-0.2, 0) is 10.0 Å². The molecule has 3 aromatic rings. The molecule has 0 atom stereocenters. The number of nitrogens with one attached hydrogen (secondary N) is 1. The number of halogens is 3. The fourth-order valence-corrected chi connectivity index (χ4v) is 3.67. The minimum atomic E-state index is -3.47. The lowest BCUT2D eigenvalue weighted by molar-refractivity contribution is 0.595. The molecular formula is C13H9BrCl2N4O2S. The van der Waals surface area contributed by atoms with Crippen LogP contribution in [0.4, 0.5) is 11.5 Å². The van der Waals surface area contributed by atoms with Crippen molar-refractivity contribution in [2.75, 3.05) is 11.6 Å². The Morgan fingerprint density at radius 1 is 1.26 bits per heavy atom. The topological polar surface area (TPSA) is 76.9 Å². The first kappa shape index (κ1) is 16.5. The van der Waals surface area contributed by atoms with Crippen molar-refractivity contribution < 1.29 is 8.42 Å². The smallest absolute Gasteiger partial charge is 0.236 e. The van der Waals surface area contributed by atoms with Gasteiger partial charge in [0.1, 0.15) is 5.02 Å². The number of rotatable bonds is 3. The number of benzene rings is 1. The quantitative estimate of drug-likeness (QED) is 0.628. The molecule has 0 bridgehead atoms. The summed E-state index contributed by atoms with van der Waals surface area (Å²) in [5, 5.41) is 4.04. The Balaban J connectivity index is 2.24. The van der Waals surface area contributed by atoms with Crippen molar-refractivity contribution in [1.82, 2.24) is 13.9 Å². The van der Waals surface area contributed by atoms with Crippen molar-refractivity contribution in [2.45, 2.75) is 0 Å². The molecule has 2 aromatic heterocycles. The van der Waals surface area contributed by atoms with Crippen molar-refractivity contribution in [3.05, 3.63) is 45.4 Å².